The van der Waals surface area contributed by atoms with Crippen LogP contribution in [-0.4, -0.2) is 79.4 Å². The molecule has 0 spiro atoms. The summed E-state index contributed by atoms with van der Waals surface area (Å²) in [6, 6.07) is 6.15. The van der Waals surface area contributed by atoms with Crippen molar-refractivity contribution in [3.05, 3.63) is 40.4 Å². The molecule has 4 heterocycles. The summed E-state index contributed by atoms with van der Waals surface area (Å²) in [6.07, 6.45) is 2.37. The number of hydrogen-bond donors (Lipinski definition) is 2. The standard InChI is InChI=1S/C27H40N6O6Si/c1-18-8-7-13-38-20-11-12-29-25-23(20)33(27(34)32(25)17-37-14-15-40(4,5)6)21-10-9-19(26(31-21)39-18)24(28)30-16-22(35-2)36-3/h9-12,18,22H,7-8,13-17H2,1-6H3,(H2,28,30). The van der Waals surface area contributed by atoms with E-state index in [0.29, 0.717) is 47.9 Å². The van der Waals surface area contributed by atoms with Gasteiger partial charge in [0.15, 0.2) is 11.9 Å². The molecule has 1 aliphatic heterocycles. The van der Waals surface area contributed by atoms with Gasteiger partial charge in [-0.1, -0.05) is 19.6 Å². The fourth-order valence-electron chi connectivity index (χ4n) is 4.30. The maximum atomic E-state index is 13.8. The predicted octanol–water partition coefficient (Wildman–Crippen LogP) is 3.37. The maximum Gasteiger partial charge on any atom is 0.338 e. The van der Waals surface area contributed by atoms with Gasteiger partial charge >= 0.3 is 5.69 Å². The zero-order valence-electron chi connectivity index (χ0n) is 24.2. The number of rotatable bonds is 10. The normalized spacial score (nSPS) is 15.7. The van der Waals surface area contributed by atoms with Crippen molar-refractivity contribution >= 4 is 25.1 Å². The quantitative estimate of drug-likeness (QED) is 0.123. The van der Waals surface area contributed by atoms with Crippen molar-refractivity contribution < 1.29 is 23.7 Å². The molecular formula is C27H40N6O6Si. The van der Waals surface area contributed by atoms with E-state index < -0.39 is 14.4 Å². The Morgan fingerprint density at radius 3 is 2.75 bits per heavy atom. The van der Waals surface area contributed by atoms with Gasteiger partial charge in [-0.15, -0.1) is 0 Å². The Morgan fingerprint density at radius 1 is 1.25 bits per heavy atom. The molecule has 2 N–H and O–H groups in total. The molecule has 0 saturated heterocycles. The van der Waals surface area contributed by atoms with Crippen molar-refractivity contribution in [2.75, 3.05) is 34.0 Å². The number of amidine groups is 1. The van der Waals surface area contributed by atoms with Gasteiger partial charge in [0.05, 0.1) is 24.8 Å². The fourth-order valence-corrected chi connectivity index (χ4v) is 5.06. The molecule has 4 rings (SSSR count). The molecule has 0 amide bonds. The Kier molecular flexibility index (Phi) is 9.61. The SMILES string of the molecule is COC(CNC(=N)c1ccc2nc1OC(C)CCCOc1ccnc3c1n-2c(=O)n3COCC[Si](C)(C)C)OC. The smallest absolute Gasteiger partial charge is 0.338 e. The topological polar surface area (TPSA) is 135 Å². The first-order chi connectivity index (χ1) is 19.1. The summed E-state index contributed by atoms with van der Waals surface area (Å²) in [4.78, 5) is 23.1. The van der Waals surface area contributed by atoms with Crippen LogP contribution in [0.15, 0.2) is 29.2 Å². The average Bonchev–Trinajstić information content (AvgIpc) is 3.20. The average molecular weight is 573 g/mol. The van der Waals surface area contributed by atoms with Crippen molar-refractivity contribution in [2.45, 2.75) is 64.6 Å². The third kappa shape index (κ3) is 6.89. The van der Waals surface area contributed by atoms with Crippen LogP contribution in [0.2, 0.25) is 25.7 Å². The predicted molar refractivity (Wildman–Crippen MR) is 155 cm³/mol. The number of hydrogen-bond acceptors (Lipinski definition) is 9. The van der Waals surface area contributed by atoms with Crippen LogP contribution in [0.3, 0.4) is 0 Å². The Bertz CT molecular complexity index is 1380. The zero-order chi connectivity index (χ0) is 28.9. The van der Waals surface area contributed by atoms with Crippen molar-refractivity contribution in [2.24, 2.45) is 0 Å². The van der Waals surface area contributed by atoms with Crippen molar-refractivity contribution in [1.29, 1.82) is 5.41 Å². The number of nitrogens with zero attached hydrogens (tertiary/aromatic N) is 4. The van der Waals surface area contributed by atoms with Crippen LogP contribution in [0.25, 0.3) is 17.0 Å². The molecule has 3 aromatic rings. The third-order valence-electron chi connectivity index (χ3n) is 6.63. The first-order valence-corrected chi connectivity index (χ1v) is 17.2. The summed E-state index contributed by atoms with van der Waals surface area (Å²) in [7, 11) is 1.78. The lowest BCUT2D eigenvalue weighted by Gasteiger charge is -2.20. The number of methoxy groups -OCH3 is 2. The minimum Gasteiger partial charge on any atom is -0.491 e. The van der Waals surface area contributed by atoms with Gasteiger partial charge in [0.1, 0.15) is 29.7 Å². The first kappa shape index (κ1) is 29.7. The van der Waals surface area contributed by atoms with Gasteiger partial charge in [0, 0.05) is 41.2 Å². The fraction of sp³-hybridized carbons (Fsp3) is 0.556. The van der Waals surface area contributed by atoms with Gasteiger partial charge in [-0.05, 0) is 37.9 Å². The molecule has 0 aromatic carbocycles. The van der Waals surface area contributed by atoms with E-state index in [4.69, 9.17) is 34.1 Å². The number of pyridine rings is 2. The lowest BCUT2D eigenvalue weighted by atomic mass is 10.2. The van der Waals surface area contributed by atoms with E-state index in [1.165, 1.54) is 23.4 Å². The third-order valence-corrected chi connectivity index (χ3v) is 8.33. The number of fused-ring (bicyclic) bond motifs is 3. The van der Waals surface area contributed by atoms with E-state index in [-0.39, 0.29) is 36.8 Å². The Labute approximate surface area is 235 Å². The maximum absolute atomic E-state index is 13.8. The van der Waals surface area contributed by atoms with E-state index >= 15 is 0 Å². The number of nitrogens with one attached hydrogen (secondary N) is 2. The van der Waals surface area contributed by atoms with Gasteiger partial charge in [0.2, 0.25) is 5.88 Å². The van der Waals surface area contributed by atoms with Gasteiger partial charge in [-0.3, -0.25) is 9.98 Å². The lowest BCUT2D eigenvalue weighted by Crippen LogP contribution is -2.34. The van der Waals surface area contributed by atoms with Crippen LogP contribution < -0.4 is 20.5 Å². The summed E-state index contributed by atoms with van der Waals surface area (Å²) >= 11 is 0. The molecule has 12 nitrogen and oxygen atoms in total. The highest BCUT2D eigenvalue weighted by Crippen LogP contribution is 2.28. The molecule has 40 heavy (non-hydrogen) atoms. The number of aromatic nitrogens is 4. The minimum atomic E-state index is -1.29. The van der Waals surface area contributed by atoms with Crippen LogP contribution in [-0.2, 0) is 20.9 Å². The highest BCUT2D eigenvalue weighted by Gasteiger charge is 2.24. The molecule has 3 aromatic heterocycles. The van der Waals surface area contributed by atoms with Crippen molar-refractivity contribution in [3.63, 3.8) is 0 Å². The summed E-state index contributed by atoms with van der Waals surface area (Å²) in [5.74, 6) is 1.23. The zero-order valence-corrected chi connectivity index (χ0v) is 25.2. The van der Waals surface area contributed by atoms with Crippen LogP contribution in [0.1, 0.15) is 25.3 Å². The second-order valence-corrected chi connectivity index (χ2v) is 16.6. The first-order valence-electron chi connectivity index (χ1n) is 13.5. The minimum absolute atomic E-state index is 0.0659. The highest BCUT2D eigenvalue weighted by atomic mass is 28.3. The van der Waals surface area contributed by atoms with Crippen LogP contribution in [0, 0.1) is 5.41 Å². The number of ether oxygens (including phenoxy) is 5. The Balaban J connectivity index is 1.78. The van der Waals surface area contributed by atoms with Crippen molar-refractivity contribution in [1.82, 2.24) is 24.4 Å². The summed E-state index contributed by atoms with van der Waals surface area (Å²) in [5, 5.41) is 11.6. The molecule has 1 unspecified atom stereocenters. The van der Waals surface area contributed by atoms with Crippen LogP contribution in [0.4, 0.5) is 0 Å². The monoisotopic (exact) mass is 572 g/mol. The molecule has 218 valence electrons. The number of imidazole rings is 1. The van der Waals surface area contributed by atoms with Gasteiger partial charge < -0.3 is 29.0 Å². The second-order valence-electron chi connectivity index (χ2n) is 11.0. The van der Waals surface area contributed by atoms with E-state index in [1.807, 2.05) is 6.92 Å². The van der Waals surface area contributed by atoms with E-state index in [9.17, 15) is 4.79 Å². The van der Waals surface area contributed by atoms with E-state index in [2.05, 4.69) is 29.9 Å². The molecule has 1 aliphatic rings. The van der Waals surface area contributed by atoms with Crippen LogP contribution >= 0.6 is 0 Å². The van der Waals surface area contributed by atoms with Gasteiger partial charge in [0.25, 0.3) is 0 Å². The van der Waals surface area contributed by atoms with E-state index in [1.54, 1.807) is 24.4 Å². The van der Waals surface area contributed by atoms with E-state index in [0.717, 1.165) is 12.5 Å². The lowest BCUT2D eigenvalue weighted by molar-refractivity contribution is -0.0965. The molecule has 0 fully saturated rings. The molecule has 0 saturated carbocycles. The molecule has 13 heteroatoms. The molecule has 0 aliphatic carbocycles. The highest BCUT2D eigenvalue weighted by molar-refractivity contribution is 6.76. The van der Waals surface area contributed by atoms with Gasteiger partial charge in [-0.2, -0.15) is 4.98 Å². The van der Waals surface area contributed by atoms with Crippen LogP contribution in [0.5, 0.6) is 11.6 Å². The van der Waals surface area contributed by atoms with Gasteiger partial charge in [-0.25, -0.2) is 14.3 Å². The Morgan fingerprint density at radius 2 is 2.02 bits per heavy atom. The molecule has 0 radical (unpaired) electrons. The molecule has 2 bridgehead atoms. The summed E-state index contributed by atoms with van der Waals surface area (Å²) in [6.45, 7) is 10.1. The molecular weight excluding hydrogens is 532 g/mol. The second kappa shape index (κ2) is 12.9. The molecule has 1 atom stereocenters. The summed E-state index contributed by atoms with van der Waals surface area (Å²) in [5.41, 5.74) is 1.07. The summed E-state index contributed by atoms with van der Waals surface area (Å²) < 4.78 is 31.7. The Hall–Kier alpha value is -3.26. The largest absolute Gasteiger partial charge is 0.491 e. The van der Waals surface area contributed by atoms with Crippen molar-refractivity contribution in [3.8, 4) is 17.4 Å².